The van der Waals surface area contributed by atoms with Crippen LogP contribution in [0.5, 0.6) is 0 Å². The van der Waals surface area contributed by atoms with Gasteiger partial charge >= 0.3 is 6.09 Å². The molecule has 1 N–H and O–H groups in total. The Morgan fingerprint density at radius 1 is 1.36 bits per heavy atom. The van der Waals surface area contributed by atoms with Crippen molar-refractivity contribution in [2.75, 3.05) is 18.4 Å². The number of Topliss-reactive ketones (excluding diaryl/α,β-unsaturated/α-hetero) is 1. The van der Waals surface area contributed by atoms with Gasteiger partial charge in [0.05, 0.1) is 11.6 Å². The van der Waals surface area contributed by atoms with E-state index in [9.17, 15) is 9.59 Å². The van der Waals surface area contributed by atoms with Crippen LogP contribution in [0.4, 0.5) is 10.5 Å². The van der Waals surface area contributed by atoms with Crippen LogP contribution in [0.2, 0.25) is 0 Å². The molecule has 0 aromatic heterocycles. The quantitative estimate of drug-likeness (QED) is 0.848. The van der Waals surface area contributed by atoms with E-state index in [1.807, 2.05) is 20.8 Å². The minimum absolute atomic E-state index is 0.00770. The second-order valence-corrected chi connectivity index (χ2v) is 7.34. The Bertz CT molecular complexity index is 701. The highest BCUT2D eigenvalue weighted by atomic mass is 16.6. The van der Waals surface area contributed by atoms with Gasteiger partial charge in [-0.05, 0) is 58.7 Å². The number of anilines is 1. The van der Waals surface area contributed by atoms with Gasteiger partial charge in [-0.25, -0.2) is 4.79 Å². The normalized spacial score (nSPS) is 17.6. The smallest absolute Gasteiger partial charge is 0.410 e. The maximum absolute atomic E-state index is 12.3. The van der Waals surface area contributed by atoms with Crippen molar-refractivity contribution in [3.05, 3.63) is 29.3 Å². The van der Waals surface area contributed by atoms with Gasteiger partial charge in [-0.1, -0.05) is 0 Å². The molecule has 1 saturated heterocycles. The molecule has 25 heavy (non-hydrogen) atoms. The summed E-state index contributed by atoms with van der Waals surface area (Å²) < 4.78 is 5.44. The van der Waals surface area contributed by atoms with E-state index in [-0.39, 0.29) is 17.9 Å². The SMILES string of the molecule is CC(=O)c1ccc(C#N)cc1NC1CCCN(C(=O)OC(C)(C)C)C1. The number of rotatable bonds is 3. The molecule has 0 saturated carbocycles. The highest BCUT2D eigenvalue weighted by Gasteiger charge is 2.28. The highest BCUT2D eigenvalue weighted by molar-refractivity contribution is 5.99. The van der Waals surface area contributed by atoms with Crippen molar-refractivity contribution in [2.24, 2.45) is 0 Å². The fraction of sp³-hybridized carbons (Fsp3) is 0.526. The summed E-state index contributed by atoms with van der Waals surface area (Å²) in [6.07, 6.45) is 1.41. The molecule has 1 amide bonds. The highest BCUT2D eigenvalue weighted by Crippen LogP contribution is 2.23. The summed E-state index contributed by atoms with van der Waals surface area (Å²) in [4.78, 5) is 25.8. The molecule has 1 aromatic carbocycles. The Labute approximate surface area is 148 Å². The zero-order valence-corrected chi connectivity index (χ0v) is 15.3. The van der Waals surface area contributed by atoms with Crippen molar-refractivity contribution < 1.29 is 14.3 Å². The van der Waals surface area contributed by atoms with Crippen molar-refractivity contribution in [2.45, 2.75) is 52.2 Å². The van der Waals surface area contributed by atoms with Crippen LogP contribution in [0, 0.1) is 11.3 Å². The van der Waals surface area contributed by atoms with Crippen LogP contribution in [-0.4, -0.2) is 41.5 Å². The van der Waals surface area contributed by atoms with Crippen molar-refractivity contribution in [1.29, 1.82) is 5.26 Å². The van der Waals surface area contributed by atoms with Gasteiger partial charge in [0.1, 0.15) is 5.60 Å². The molecular formula is C19H25N3O3. The number of nitrogens with one attached hydrogen (secondary N) is 1. The second-order valence-electron chi connectivity index (χ2n) is 7.34. The van der Waals surface area contributed by atoms with Crippen LogP contribution < -0.4 is 5.32 Å². The Hall–Kier alpha value is -2.55. The molecule has 6 heteroatoms. The van der Waals surface area contributed by atoms with Gasteiger partial charge < -0.3 is 15.0 Å². The number of hydrogen-bond donors (Lipinski definition) is 1. The fourth-order valence-corrected chi connectivity index (χ4v) is 2.85. The van der Waals surface area contributed by atoms with Crippen LogP contribution in [0.1, 0.15) is 56.5 Å². The number of ketones is 1. The molecule has 0 spiro atoms. The molecule has 0 bridgehead atoms. The molecule has 1 aliphatic heterocycles. The van der Waals surface area contributed by atoms with Crippen LogP contribution >= 0.6 is 0 Å². The number of nitrogens with zero attached hydrogens (tertiary/aromatic N) is 2. The number of benzene rings is 1. The lowest BCUT2D eigenvalue weighted by molar-refractivity contribution is 0.0206. The molecule has 2 rings (SSSR count). The Kier molecular flexibility index (Phi) is 5.68. The second kappa shape index (κ2) is 7.56. The first-order valence-corrected chi connectivity index (χ1v) is 8.49. The topological polar surface area (TPSA) is 82.4 Å². The standard InChI is InChI=1S/C19H25N3O3/c1-13(23)16-8-7-14(11-20)10-17(16)21-15-6-5-9-22(12-15)18(24)25-19(2,3)4/h7-8,10,15,21H,5-6,9,12H2,1-4H3. The van der Waals surface area contributed by atoms with E-state index < -0.39 is 5.60 Å². The summed E-state index contributed by atoms with van der Waals surface area (Å²) in [5, 5.41) is 12.4. The van der Waals surface area contributed by atoms with E-state index in [4.69, 9.17) is 10.00 Å². The molecule has 1 heterocycles. The van der Waals surface area contributed by atoms with Gasteiger partial charge in [-0.15, -0.1) is 0 Å². The minimum atomic E-state index is -0.527. The van der Waals surface area contributed by atoms with Crippen LogP contribution in [-0.2, 0) is 4.74 Å². The monoisotopic (exact) mass is 343 g/mol. The van der Waals surface area contributed by atoms with Crippen molar-refractivity contribution in [3.63, 3.8) is 0 Å². The lowest BCUT2D eigenvalue weighted by Crippen LogP contribution is -2.47. The van der Waals surface area contributed by atoms with E-state index in [0.29, 0.717) is 29.9 Å². The third kappa shape index (κ3) is 5.21. The molecule has 0 aliphatic carbocycles. The van der Waals surface area contributed by atoms with E-state index >= 15 is 0 Å². The number of carbonyl (C=O) groups is 2. The maximum Gasteiger partial charge on any atom is 0.410 e. The summed E-state index contributed by atoms with van der Waals surface area (Å²) >= 11 is 0. The maximum atomic E-state index is 12.3. The zero-order valence-electron chi connectivity index (χ0n) is 15.3. The lowest BCUT2D eigenvalue weighted by atomic mass is 10.0. The molecular weight excluding hydrogens is 318 g/mol. The first-order valence-electron chi connectivity index (χ1n) is 8.49. The molecule has 1 aromatic rings. The Morgan fingerprint density at radius 3 is 2.68 bits per heavy atom. The van der Waals surface area contributed by atoms with Gasteiger partial charge in [-0.2, -0.15) is 5.26 Å². The van der Waals surface area contributed by atoms with Gasteiger partial charge in [0.2, 0.25) is 0 Å². The number of nitriles is 1. The summed E-state index contributed by atoms with van der Waals surface area (Å²) in [5.41, 5.74) is 1.16. The number of amides is 1. The van der Waals surface area contributed by atoms with E-state index in [2.05, 4.69) is 11.4 Å². The summed E-state index contributed by atoms with van der Waals surface area (Å²) in [6.45, 7) is 8.19. The molecule has 1 fully saturated rings. The van der Waals surface area contributed by atoms with Crippen LogP contribution in [0.15, 0.2) is 18.2 Å². The minimum Gasteiger partial charge on any atom is -0.444 e. The largest absolute Gasteiger partial charge is 0.444 e. The Morgan fingerprint density at radius 2 is 2.08 bits per heavy atom. The summed E-state index contributed by atoms with van der Waals surface area (Å²) in [5.74, 6) is -0.0632. The number of carbonyl (C=O) groups excluding carboxylic acids is 2. The number of piperidine rings is 1. The average molecular weight is 343 g/mol. The van der Waals surface area contributed by atoms with Crippen molar-refractivity contribution >= 4 is 17.6 Å². The third-order valence-electron chi connectivity index (χ3n) is 3.96. The van der Waals surface area contributed by atoms with E-state index in [1.165, 1.54) is 6.92 Å². The van der Waals surface area contributed by atoms with Gasteiger partial charge in [0.25, 0.3) is 0 Å². The lowest BCUT2D eigenvalue weighted by Gasteiger charge is -2.35. The average Bonchev–Trinajstić information content (AvgIpc) is 2.53. The predicted octanol–water partition coefficient (Wildman–Crippen LogP) is 3.57. The number of likely N-dealkylation sites (tertiary alicyclic amines) is 1. The Balaban J connectivity index is 2.11. The van der Waals surface area contributed by atoms with E-state index in [1.54, 1.807) is 23.1 Å². The molecule has 1 unspecified atom stereocenters. The first kappa shape index (κ1) is 18.8. The van der Waals surface area contributed by atoms with Gasteiger partial charge in [0, 0.05) is 30.4 Å². The predicted molar refractivity (Wildman–Crippen MR) is 95.6 cm³/mol. The fourth-order valence-electron chi connectivity index (χ4n) is 2.85. The van der Waals surface area contributed by atoms with E-state index in [0.717, 1.165) is 12.8 Å². The zero-order chi connectivity index (χ0) is 18.6. The number of hydrogen-bond acceptors (Lipinski definition) is 5. The molecule has 6 nitrogen and oxygen atoms in total. The van der Waals surface area contributed by atoms with Gasteiger partial charge in [0.15, 0.2) is 5.78 Å². The molecule has 1 aliphatic rings. The summed E-state index contributed by atoms with van der Waals surface area (Å²) in [7, 11) is 0. The molecule has 0 radical (unpaired) electrons. The molecule has 134 valence electrons. The number of ether oxygens (including phenoxy) is 1. The van der Waals surface area contributed by atoms with Crippen LogP contribution in [0.25, 0.3) is 0 Å². The summed E-state index contributed by atoms with van der Waals surface area (Å²) in [6, 6.07) is 7.08. The van der Waals surface area contributed by atoms with Crippen molar-refractivity contribution in [1.82, 2.24) is 4.90 Å². The van der Waals surface area contributed by atoms with Gasteiger partial charge in [-0.3, -0.25) is 4.79 Å². The first-order chi connectivity index (χ1) is 11.7. The van der Waals surface area contributed by atoms with Crippen molar-refractivity contribution in [3.8, 4) is 6.07 Å². The molecule has 1 atom stereocenters. The third-order valence-corrected chi connectivity index (χ3v) is 3.96. The van der Waals surface area contributed by atoms with Crippen LogP contribution in [0.3, 0.4) is 0 Å².